The molecule has 0 rings (SSSR count). The lowest BCUT2D eigenvalue weighted by molar-refractivity contribution is -0.154. The standard InChI is InChI=1S/C42H80NO9P/c1-3-5-7-9-11-12-13-14-15-16-17-18-19-20-21-22-23-24-25-26-27-29-31-33-35-49-36-39(37-50-53(47,48)51-38-40(43)42(45)46)52-41(44)34-32-30-28-10-8-6-4-2/h13-14,16-17,39-40H,3-12,15,18-38,43H2,1-2H3,(H,45,46)(H,47,48)/b14-13-,17-16-. The number of hydrogen-bond acceptors (Lipinski definition) is 8. The SMILES string of the molecule is CCCCCCC/C=C\C/C=C\CCCCCCCCCCCCCCOCC(COP(=O)(O)OCC(N)C(=O)O)OC(=O)CCCCCCCCC. The smallest absolute Gasteiger partial charge is 0.472 e. The Morgan fingerprint density at radius 2 is 1.04 bits per heavy atom. The van der Waals surface area contributed by atoms with Crippen molar-refractivity contribution in [3.05, 3.63) is 24.3 Å². The van der Waals surface area contributed by atoms with Gasteiger partial charge in [-0.05, 0) is 44.9 Å². The number of carboxylic acids is 1. The minimum atomic E-state index is -4.60. The molecule has 0 aliphatic heterocycles. The highest BCUT2D eigenvalue weighted by atomic mass is 31.2. The third-order valence-corrected chi connectivity index (χ3v) is 10.2. The van der Waals surface area contributed by atoms with Crippen molar-refractivity contribution in [1.29, 1.82) is 0 Å². The second-order valence-corrected chi connectivity index (χ2v) is 15.9. The van der Waals surface area contributed by atoms with Crippen LogP contribution in [0.4, 0.5) is 0 Å². The van der Waals surface area contributed by atoms with E-state index >= 15 is 0 Å². The monoisotopic (exact) mass is 774 g/mol. The predicted molar refractivity (Wildman–Crippen MR) is 217 cm³/mol. The number of hydrogen-bond donors (Lipinski definition) is 3. The van der Waals surface area contributed by atoms with Crippen LogP contribution in [0.15, 0.2) is 24.3 Å². The zero-order chi connectivity index (χ0) is 39.1. The first kappa shape index (κ1) is 51.5. The Kier molecular flexibility index (Phi) is 37.6. The zero-order valence-corrected chi connectivity index (χ0v) is 34.8. The molecular weight excluding hydrogens is 693 g/mol. The Hall–Kier alpha value is -1.55. The third-order valence-electron chi connectivity index (χ3n) is 9.23. The summed E-state index contributed by atoms with van der Waals surface area (Å²) in [6.07, 6.45) is 41.2. The molecule has 11 heteroatoms. The van der Waals surface area contributed by atoms with Gasteiger partial charge in [0.25, 0.3) is 0 Å². The molecule has 3 unspecified atom stereocenters. The maximum absolute atomic E-state index is 12.5. The molecule has 0 aromatic rings. The fourth-order valence-corrected chi connectivity index (χ4v) is 6.65. The second kappa shape index (κ2) is 38.7. The van der Waals surface area contributed by atoms with Crippen LogP contribution in [0.2, 0.25) is 0 Å². The first-order chi connectivity index (χ1) is 25.7. The highest BCUT2D eigenvalue weighted by Crippen LogP contribution is 2.43. The summed E-state index contributed by atoms with van der Waals surface area (Å²) in [5.41, 5.74) is 5.33. The summed E-state index contributed by atoms with van der Waals surface area (Å²) in [6, 6.07) is -1.47. The number of carbonyl (C=O) groups excluding carboxylic acids is 1. The Morgan fingerprint density at radius 1 is 0.604 bits per heavy atom. The fraction of sp³-hybridized carbons (Fsp3) is 0.857. The molecular formula is C42H80NO9P. The molecule has 0 spiro atoms. The number of carboxylic acid groups (broad SMARTS) is 1. The molecule has 0 heterocycles. The summed E-state index contributed by atoms with van der Waals surface area (Å²) in [5, 5.41) is 8.86. The summed E-state index contributed by atoms with van der Waals surface area (Å²) in [6.45, 7) is 3.82. The van der Waals surface area contributed by atoms with E-state index in [0.717, 1.165) is 44.9 Å². The van der Waals surface area contributed by atoms with E-state index in [1.165, 1.54) is 122 Å². The Labute approximate surface area is 324 Å². The van der Waals surface area contributed by atoms with Gasteiger partial charge in [0.2, 0.25) is 0 Å². The number of nitrogens with two attached hydrogens (primary N) is 1. The first-order valence-electron chi connectivity index (χ1n) is 21.4. The molecule has 0 radical (unpaired) electrons. The number of esters is 1. The van der Waals surface area contributed by atoms with Gasteiger partial charge < -0.3 is 25.2 Å². The zero-order valence-electron chi connectivity index (χ0n) is 33.9. The van der Waals surface area contributed by atoms with Gasteiger partial charge >= 0.3 is 19.8 Å². The highest BCUT2D eigenvalue weighted by Gasteiger charge is 2.27. The van der Waals surface area contributed by atoms with Gasteiger partial charge in [-0.3, -0.25) is 18.6 Å². The number of allylic oxidation sites excluding steroid dienone is 4. The quantitative estimate of drug-likeness (QED) is 0.0237. The van der Waals surface area contributed by atoms with Crippen LogP contribution in [0.3, 0.4) is 0 Å². The molecule has 0 bridgehead atoms. The average molecular weight is 774 g/mol. The highest BCUT2D eigenvalue weighted by molar-refractivity contribution is 7.47. The topological polar surface area (TPSA) is 155 Å². The van der Waals surface area contributed by atoms with Crippen LogP contribution in [0.1, 0.15) is 194 Å². The van der Waals surface area contributed by atoms with Crippen LogP contribution in [0, 0.1) is 0 Å². The van der Waals surface area contributed by atoms with Crippen LogP contribution in [0.25, 0.3) is 0 Å². The minimum Gasteiger partial charge on any atom is -0.480 e. The molecule has 0 aliphatic rings. The van der Waals surface area contributed by atoms with Crippen molar-refractivity contribution in [3.63, 3.8) is 0 Å². The Morgan fingerprint density at radius 3 is 1.53 bits per heavy atom. The first-order valence-corrected chi connectivity index (χ1v) is 22.9. The molecule has 4 N–H and O–H groups in total. The maximum Gasteiger partial charge on any atom is 0.472 e. The summed E-state index contributed by atoms with van der Waals surface area (Å²) < 4.78 is 33.2. The molecule has 0 aromatic carbocycles. The fourth-order valence-electron chi connectivity index (χ4n) is 5.87. The van der Waals surface area contributed by atoms with Gasteiger partial charge in [0.1, 0.15) is 12.1 Å². The van der Waals surface area contributed by atoms with E-state index in [9.17, 15) is 19.0 Å². The van der Waals surface area contributed by atoms with Crippen LogP contribution in [-0.4, -0.2) is 60.5 Å². The molecule has 3 atom stereocenters. The molecule has 0 fully saturated rings. The van der Waals surface area contributed by atoms with Crippen molar-refractivity contribution >= 4 is 19.8 Å². The maximum atomic E-state index is 12.5. The molecule has 312 valence electrons. The van der Waals surface area contributed by atoms with Crippen molar-refractivity contribution in [3.8, 4) is 0 Å². The molecule has 0 saturated carbocycles. The number of phosphoric ester groups is 1. The van der Waals surface area contributed by atoms with E-state index in [1.54, 1.807) is 0 Å². The largest absolute Gasteiger partial charge is 0.480 e. The molecule has 10 nitrogen and oxygen atoms in total. The van der Waals surface area contributed by atoms with E-state index in [0.29, 0.717) is 13.0 Å². The summed E-state index contributed by atoms with van der Waals surface area (Å²) in [4.78, 5) is 33.3. The van der Waals surface area contributed by atoms with Gasteiger partial charge in [-0.25, -0.2) is 4.57 Å². The van der Waals surface area contributed by atoms with Crippen LogP contribution >= 0.6 is 7.82 Å². The molecule has 0 saturated heterocycles. The van der Waals surface area contributed by atoms with Gasteiger partial charge in [0.15, 0.2) is 0 Å². The van der Waals surface area contributed by atoms with Gasteiger partial charge in [-0.2, -0.15) is 0 Å². The molecule has 0 amide bonds. The van der Waals surface area contributed by atoms with Crippen LogP contribution < -0.4 is 5.73 Å². The summed E-state index contributed by atoms with van der Waals surface area (Å²) >= 11 is 0. The number of unbranched alkanes of at least 4 members (excludes halogenated alkanes) is 23. The number of ether oxygens (including phenoxy) is 2. The van der Waals surface area contributed by atoms with Crippen LogP contribution in [-0.2, 0) is 32.7 Å². The normalized spacial score (nSPS) is 14.2. The Bertz CT molecular complexity index is 946. The van der Waals surface area contributed by atoms with Gasteiger partial charge in [-0.1, -0.05) is 167 Å². The number of rotatable bonds is 41. The van der Waals surface area contributed by atoms with E-state index < -0.39 is 45.1 Å². The molecule has 0 aliphatic carbocycles. The van der Waals surface area contributed by atoms with Gasteiger partial charge in [0, 0.05) is 13.0 Å². The number of aliphatic carboxylic acids is 1. The lowest BCUT2D eigenvalue weighted by Crippen LogP contribution is -2.34. The Balaban J connectivity index is 4.00. The predicted octanol–water partition coefficient (Wildman–Crippen LogP) is 11.5. The van der Waals surface area contributed by atoms with Gasteiger partial charge in [-0.15, -0.1) is 0 Å². The lowest BCUT2D eigenvalue weighted by atomic mass is 10.0. The van der Waals surface area contributed by atoms with Crippen molar-refractivity contribution in [1.82, 2.24) is 0 Å². The van der Waals surface area contributed by atoms with Crippen molar-refractivity contribution < 1.29 is 42.7 Å². The molecule has 0 aromatic heterocycles. The van der Waals surface area contributed by atoms with E-state index in [4.69, 9.17) is 24.8 Å². The lowest BCUT2D eigenvalue weighted by Gasteiger charge is -2.20. The van der Waals surface area contributed by atoms with Crippen molar-refractivity contribution in [2.75, 3.05) is 26.4 Å². The van der Waals surface area contributed by atoms with E-state index in [-0.39, 0.29) is 13.0 Å². The minimum absolute atomic E-state index is 0.0189. The van der Waals surface area contributed by atoms with Gasteiger partial charge in [0.05, 0.1) is 19.8 Å². The molecule has 53 heavy (non-hydrogen) atoms. The second-order valence-electron chi connectivity index (χ2n) is 14.5. The summed E-state index contributed by atoms with van der Waals surface area (Å²) in [5.74, 6) is -1.78. The third kappa shape index (κ3) is 38.5. The van der Waals surface area contributed by atoms with E-state index in [2.05, 4.69) is 42.7 Å². The van der Waals surface area contributed by atoms with Crippen molar-refractivity contribution in [2.45, 2.75) is 206 Å². The summed E-state index contributed by atoms with van der Waals surface area (Å²) in [7, 11) is -4.60. The van der Waals surface area contributed by atoms with Crippen molar-refractivity contribution in [2.24, 2.45) is 5.73 Å². The average Bonchev–Trinajstić information content (AvgIpc) is 3.13. The number of carbonyl (C=O) groups is 2. The number of phosphoric acid groups is 1. The van der Waals surface area contributed by atoms with Crippen LogP contribution in [0.5, 0.6) is 0 Å². The van der Waals surface area contributed by atoms with E-state index in [1.807, 2.05) is 0 Å².